The Morgan fingerprint density at radius 2 is 1.84 bits per heavy atom. The Bertz CT molecular complexity index is 1140. The fraction of sp³-hybridized carbons (Fsp3) is 0.240. The number of rotatable bonds is 9. The standard InChI is InChI=1S/C25H26N4O2/c1-2-31-21-15-13-20(14-16-21)27-24(30)12-6-11-23-28-22-10-7-17-26-25(22)29(23)18-19-8-4-3-5-9-19/h3-5,7-10,13-17H,2,6,11-12,18H2,1H3,(H,27,30). The second kappa shape index (κ2) is 9.89. The van der Waals surface area contributed by atoms with Gasteiger partial charge in [0.2, 0.25) is 5.91 Å². The van der Waals surface area contributed by atoms with Crippen LogP contribution >= 0.6 is 0 Å². The molecule has 0 aliphatic heterocycles. The van der Waals surface area contributed by atoms with Crippen molar-refractivity contribution in [3.8, 4) is 5.75 Å². The molecule has 0 radical (unpaired) electrons. The summed E-state index contributed by atoms with van der Waals surface area (Å²) in [7, 11) is 0. The zero-order chi connectivity index (χ0) is 21.5. The maximum absolute atomic E-state index is 12.4. The molecule has 0 atom stereocenters. The molecular formula is C25H26N4O2. The van der Waals surface area contributed by atoms with Crippen molar-refractivity contribution in [1.82, 2.24) is 14.5 Å². The molecule has 2 aromatic heterocycles. The van der Waals surface area contributed by atoms with Gasteiger partial charge in [0.15, 0.2) is 5.65 Å². The summed E-state index contributed by atoms with van der Waals surface area (Å²) >= 11 is 0. The molecule has 4 rings (SSSR count). The van der Waals surface area contributed by atoms with Gasteiger partial charge in [-0.2, -0.15) is 0 Å². The number of anilines is 1. The molecule has 0 aliphatic carbocycles. The molecule has 158 valence electrons. The third-order valence-corrected chi connectivity index (χ3v) is 5.02. The number of amides is 1. The van der Waals surface area contributed by atoms with Gasteiger partial charge in [0, 0.05) is 24.7 Å². The summed E-state index contributed by atoms with van der Waals surface area (Å²) in [5.41, 5.74) is 3.73. The van der Waals surface area contributed by atoms with Crippen LogP contribution in [0.5, 0.6) is 5.75 Å². The van der Waals surface area contributed by atoms with Gasteiger partial charge in [0.25, 0.3) is 0 Å². The molecule has 31 heavy (non-hydrogen) atoms. The minimum Gasteiger partial charge on any atom is -0.494 e. The second-order valence-corrected chi connectivity index (χ2v) is 7.31. The van der Waals surface area contributed by atoms with Gasteiger partial charge < -0.3 is 14.6 Å². The smallest absolute Gasteiger partial charge is 0.224 e. The van der Waals surface area contributed by atoms with E-state index in [1.165, 1.54) is 5.56 Å². The van der Waals surface area contributed by atoms with Gasteiger partial charge >= 0.3 is 0 Å². The van der Waals surface area contributed by atoms with Crippen LogP contribution in [-0.4, -0.2) is 27.0 Å². The Balaban J connectivity index is 1.39. The number of aryl methyl sites for hydroxylation is 1. The van der Waals surface area contributed by atoms with Crippen LogP contribution in [0.25, 0.3) is 11.2 Å². The minimum atomic E-state index is -0.00648. The van der Waals surface area contributed by atoms with Gasteiger partial charge in [-0.25, -0.2) is 9.97 Å². The van der Waals surface area contributed by atoms with Crippen molar-refractivity contribution < 1.29 is 9.53 Å². The molecule has 6 nitrogen and oxygen atoms in total. The van der Waals surface area contributed by atoms with Crippen LogP contribution in [-0.2, 0) is 17.8 Å². The first-order valence-electron chi connectivity index (χ1n) is 10.6. The van der Waals surface area contributed by atoms with Gasteiger partial charge in [-0.15, -0.1) is 0 Å². The van der Waals surface area contributed by atoms with Gasteiger partial charge in [0.1, 0.15) is 17.1 Å². The molecule has 1 N–H and O–H groups in total. The number of aromatic nitrogens is 3. The Hall–Kier alpha value is -3.67. The first-order valence-corrected chi connectivity index (χ1v) is 10.6. The van der Waals surface area contributed by atoms with Crippen molar-refractivity contribution in [2.45, 2.75) is 32.7 Å². The number of fused-ring (bicyclic) bond motifs is 1. The van der Waals surface area contributed by atoms with Crippen LogP contribution in [0.15, 0.2) is 72.9 Å². The monoisotopic (exact) mass is 414 g/mol. The van der Waals surface area contributed by atoms with Crippen molar-refractivity contribution in [2.24, 2.45) is 0 Å². The molecule has 2 heterocycles. The molecule has 0 aliphatic rings. The Morgan fingerprint density at radius 1 is 1.03 bits per heavy atom. The van der Waals surface area contributed by atoms with E-state index < -0.39 is 0 Å². The summed E-state index contributed by atoms with van der Waals surface area (Å²) in [6.45, 7) is 3.28. The Kier molecular flexibility index (Phi) is 6.57. The summed E-state index contributed by atoms with van der Waals surface area (Å²) < 4.78 is 7.58. The zero-order valence-electron chi connectivity index (χ0n) is 17.6. The predicted octanol–water partition coefficient (Wildman–Crippen LogP) is 4.84. The van der Waals surface area contributed by atoms with Crippen molar-refractivity contribution in [3.05, 3.63) is 84.3 Å². The number of carbonyl (C=O) groups excluding carboxylic acids is 1. The molecule has 2 aromatic carbocycles. The number of imidazole rings is 1. The van der Waals surface area contributed by atoms with E-state index in [0.29, 0.717) is 32.4 Å². The van der Waals surface area contributed by atoms with E-state index in [9.17, 15) is 4.79 Å². The number of ether oxygens (including phenoxy) is 1. The van der Waals surface area contributed by atoms with E-state index >= 15 is 0 Å². The number of nitrogens with one attached hydrogen (secondary N) is 1. The highest BCUT2D eigenvalue weighted by atomic mass is 16.5. The molecule has 0 unspecified atom stereocenters. The molecular weight excluding hydrogens is 388 g/mol. The predicted molar refractivity (Wildman–Crippen MR) is 122 cm³/mol. The third kappa shape index (κ3) is 5.28. The maximum atomic E-state index is 12.4. The largest absolute Gasteiger partial charge is 0.494 e. The second-order valence-electron chi connectivity index (χ2n) is 7.31. The number of hydrogen-bond acceptors (Lipinski definition) is 4. The average molecular weight is 415 g/mol. The molecule has 4 aromatic rings. The van der Waals surface area contributed by atoms with Crippen LogP contribution < -0.4 is 10.1 Å². The molecule has 0 saturated carbocycles. The van der Waals surface area contributed by atoms with Gasteiger partial charge in [-0.1, -0.05) is 30.3 Å². The van der Waals surface area contributed by atoms with Crippen molar-refractivity contribution in [1.29, 1.82) is 0 Å². The van der Waals surface area contributed by atoms with E-state index in [1.807, 2.05) is 61.5 Å². The van der Waals surface area contributed by atoms with Crippen LogP contribution in [0, 0.1) is 0 Å². The summed E-state index contributed by atoms with van der Waals surface area (Å²) in [6, 6.07) is 21.6. The molecule has 0 fully saturated rings. The van der Waals surface area contributed by atoms with Gasteiger partial charge in [-0.3, -0.25) is 4.79 Å². The highest BCUT2D eigenvalue weighted by Gasteiger charge is 2.13. The van der Waals surface area contributed by atoms with Crippen LogP contribution in [0.3, 0.4) is 0 Å². The Labute approximate surface area is 181 Å². The molecule has 6 heteroatoms. The number of benzene rings is 2. The number of carbonyl (C=O) groups is 1. The van der Waals surface area contributed by atoms with Crippen molar-refractivity contribution in [3.63, 3.8) is 0 Å². The number of nitrogens with zero attached hydrogens (tertiary/aromatic N) is 3. The highest BCUT2D eigenvalue weighted by molar-refractivity contribution is 5.90. The summed E-state index contributed by atoms with van der Waals surface area (Å²) in [5.74, 6) is 1.74. The normalized spacial score (nSPS) is 10.9. The van der Waals surface area contributed by atoms with E-state index in [2.05, 4.69) is 27.0 Å². The average Bonchev–Trinajstić information content (AvgIpc) is 3.13. The topological polar surface area (TPSA) is 69.0 Å². The van der Waals surface area contributed by atoms with E-state index in [-0.39, 0.29) is 5.91 Å². The SMILES string of the molecule is CCOc1ccc(NC(=O)CCCc2nc3cccnc3n2Cc2ccccc2)cc1. The van der Waals surface area contributed by atoms with Crippen LogP contribution in [0.1, 0.15) is 31.2 Å². The Morgan fingerprint density at radius 3 is 2.61 bits per heavy atom. The van der Waals surface area contributed by atoms with E-state index in [4.69, 9.17) is 9.72 Å². The molecule has 0 bridgehead atoms. The number of pyridine rings is 1. The third-order valence-electron chi connectivity index (χ3n) is 5.02. The lowest BCUT2D eigenvalue weighted by atomic mass is 10.2. The lowest BCUT2D eigenvalue weighted by Crippen LogP contribution is -2.12. The van der Waals surface area contributed by atoms with E-state index in [0.717, 1.165) is 28.4 Å². The lowest BCUT2D eigenvalue weighted by Gasteiger charge is -2.09. The summed E-state index contributed by atoms with van der Waals surface area (Å²) in [5, 5.41) is 2.94. The fourth-order valence-electron chi connectivity index (χ4n) is 3.56. The minimum absolute atomic E-state index is 0.00648. The maximum Gasteiger partial charge on any atom is 0.224 e. The zero-order valence-corrected chi connectivity index (χ0v) is 17.6. The molecule has 0 saturated heterocycles. The molecule has 0 spiro atoms. The van der Waals surface area contributed by atoms with Gasteiger partial charge in [-0.05, 0) is 55.3 Å². The lowest BCUT2D eigenvalue weighted by molar-refractivity contribution is -0.116. The first kappa shape index (κ1) is 20.6. The summed E-state index contributed by atoms with van der Waals surface area (Å²) in [6.07, 6.45) is 3.63. The number of hydrogen-bond donors (Lipinski definition) is 1. The fourth-order valence-corrected chi connectivity index (χ4v) is 3.56. The molecule has 1 amide bonds. The van der Waals surface area contributed by atoms with Crippen LogP contribution in [0.4, 0.5) is 5.69 Å². The van der Waals surface area contributed by atoms with Crippen molar-refractivity contribution in [2.75, 3.05) is 11.9 Å². The van der Waals surface area contributed by atoms with Crippen LogP contribution in [0.2, 0.25) is 0 Å². The first-order chi connectivity index (χ1) is 15.2. The van der Waals surface area contributed by atoms with Gasteiger partial charge in [0.05, 0.1) is 13.2 Å². The highest BCUT2D eigenvalue weighted by Crippen LogP contribution is 2.19. The summed E-state index contributed by atoms with van der Waals surface area (Å²) in [4.78, 5) is 21.7. The van der Waals surface area contributed by atoms with E-state index in [1.54, 1.807) is 6.20 Å². The van der Waals surface area contributed by atoms with Crippen molar-refractivity contribution >= 4 is 22.8 Å². The quantitative estimate of drug-likeness (QED) is 0.425.